The van der Waals surface area contributed by atoms with Crippen molar-refractivity contribution in [1.29, 1.82) is 0 Å². The fraction of sp³-hybridized carbons (Fsp3) is 0.250. The fourth-order valence-electron chi connectivity index (χ4n) is 2.73. The zero-order chi connectivity index (χ0) is 17.8. The highest BCUT2D eigenvalue weighted by atomic mass is 79.9. The van der Waals surface area contributed by atoms with Crippen LogP contribution in [-0.2, 0) is 6.54 Å². The van der Waals surface area contributed by atoms with Crippen LogP contribution >= 0.6 is 15.9 Å². The summed E-state index contributed by atoms with van der Waals surface area (Å²) in [6.45, 7) is 4.04. The van der Waals surface area contributed by atoms with Crippen LogP contribution in [0.2, 0.25) is 0 Å². The molecule has 0 aliphatic rings. The number of nitrogens with zero attached hydrogens (tertiary/aromatic N) is 1. The second-order valence-corrected chi connectivity index (χ2v) is 7.05. The van der Waals surface area contributed by atoms with E-state index in [1.165, 1.54) is 5.56 Å². The summed E-state index contributed by atoms with van der Waals surface area (Å²) in [6.07, 6.45) is 0. The standard InChI is InChI=1S/C20H20BrNO3/c1-14-4-3-5-17(10-14)24-9-8-22(2)13-15-11-20(23)25-19-12-16(21)6-7-18(15)19/h3-7,10-12H,8-9,13H2,1-2H3. The number of benzene rings is 2. The van der Waals surface area contributed by atoms with Crippen molar-refractivity contribution in [3.05, 3.63) is 74.6 Å². The summed E-state index contributed by atoms with van der Waals surface area (Å²) in [5, 5.41) is 0.953. The van der Waals surface area contributed by atoms with Crippen LogP contribution in [0.3, 0.4) is 0 Å². The van der Waals surface area contributed by atoms with Gasteiger partial charge in [-0.1, -0.05) is 28.1 Å². The molecule has 0 N–H and O–H groups in total. The molecule has 0 saturated carbocycles. The maximum absolute atomic E-state index is 11.8. The molecular weight excluding hydrogens is 382 g/mol. The minimum absolute atomic E-state index is 0.329. The van der Waals surface area contributed by atoms with E-state index in [-0.39, 0.29) is 5.63 Å². The largest absolute Gasteiger partial charge is 0.492 e. The Bertz CT molecular complexity index is 936. The average molecular weight is 402 g/mol. The minimum atomic E-state index is -0.329. The van der Waals surface area contributed by atoms with Gasteiger partial charge in [-0.05, 0) is 55.4 Å². The van der Waals surface area contributed by atoms with E-state index < -0.39 is 0 Å². The fourth-order valence-corrected chi connectivity index (χ4v) is 3.07. The van der Waals surface area contributed by atoms with Gasteiger partial charge in [0.1, 0.15) is 17.9 Å². The molecule has 0 radical (unpaired) electrons. The molecule has 1 heterocycles. The third-order valence-corrected chi connectivity index (χ3v) is 4.46. The van der Waals surface area contributed by atoms with E-state index in [2.05, 4.69) is 20.8 Å². The summed E-state index contributed by atoms with van der Waals surface area (Å²) in [4.78, 5) is 13.9. The molecule has 0 saturated heterocycles. The highest BCUT2D eigenvalue weighted by molar-refractivity contribution is 9.10. The topological polar surface area (TPSA) is 42.7 Å². The molecule has 4 nitrogen and oxygen atoms in total. The molecule has 0 aliphatic heterocycles. The molecule has 0 amide bonds. The lowest BCUT2D eigenvalue weighted by atomic mass is 10.1. The Hall–Kier alpha value is -2.11. The number of fused-ring (bicyclic) bond motifs is 1. The Balaban J connectivity index is 1.65. The second-order valence-electron chi connectivity index (χ2n) is 6.13. The summed E-state index contributed by atoms with van der Waals surface area (Å²) in [5.74, 6) is 0.879. The summed E-state index contributed by atoms with van der Waals surface area (Å²) < 4.78 is 12.0. The van der Waals surface area contributed by atoms with Crippen molar-refractivity contribution in [2.75, 3.05) is 20.2 Å². The molecule has 0 aliphatic carbocycles. The van der Waals surface area contributed by atoms with E-state index in [1.807, 2.05) is 56.4 Å². The van der Waals surface area contributed by atoms with Crippen LogP contribution in [0.4, 0.5) is 0 Å². The predicted octanol–water partition coefficient (Wildman–Crippen LogP) is 4.37. The molecule has 0 fully saturated rings. The van der Waals surface area contributed by atoms with Crippen molar-refractivity contribution >= 4 is 26.9 Å². The van der Waals surface area contributed by atoms with Gasteiger partial charge in [0.2, 0.25) is 0 Å². The van der Waals surface area contributed by atoms with E-state index in [0.29, 0.717) is 18.7 Å². The van der Waals surface area contributed by atoms with Gasteiger partial charge in [-0.3, -0.25) is 4.90 Å². The van der Waals surface area contributed by atoms with Crippen molar-refractivity contribution in [3.8, 4) is 5.75 Å². The normalized spacial score (nSPS) is 11.2. The molecule has 25 heavy (non-hydrogen) atoms. The van der Waals surface area contributed by atoms with E-state index in [4.69, 9.17) is 9.15 Å². The maximum atomic E-state index is 11.8. The van der Waals surface area contributed by atoms with Gasteiger partial charge in [-0.15, -0.1) is 0 Å². The Morgan fingerprint density at radius 3 is 2.80 bits per heavy atom. The van der Waals surface area contributed by atoms with Gasteiger partial charge in [0.25, 0.3) is 0 Å². The van der Waals surface area contributed by atoms with Crippen LogP contribution in [0, 0.1) is 6.92 Å². The monoisotopic (exact) mass is 401 g/mol. The number of rotatable bonds is 6. The van der Waals surface area contributed by atoms with Gasteiger partial charge in [0.05, 0.1) is 0 Å². The van der Waals surface area contributed by atoms with E-state index in [9.17, 15) is 4.79 Å². The number of aryl methyl sites for hydroxylation is 1. The van der Waals surface area contributed by atoms with Crippen molar-refractivity contribution in [3.63, 3.8) is 0 Å². The highest BCUT2D eigenvalue weighted by Crippen LogP contribution is 2.22. The van der Waals surface area contributed by atoms with Crippen LogP contribution in [0.15, 0.2) is 62.2 Å². The Morgan fingerprint density at radius 1 is 1.16 bits per heavy atom. The molecule has 3 aromatic rings. The van der Waals surface area contributed by atoms with E-state index in [1.54, 1.807) is 6.07 Å². The summed E-state index contributed by atoms with van der Waals surface area (Å²) >= 11 is 3.40. The first-order valence-corrected chi connectivity index (χ1v) is 8.91. The Labute approximate surface area is 155 Å². The van der Waals surface area contributed by atoms with Crippen LogP contribution < -0.4 is 10.4 Å². The van der Waals surface area contributed by atoms with Crippen molar-refractivity contribution in [1.82, 2.24) is 4.90 Å². The zero-order valence-corrected chi connectivity index (χ0v) is 15.9. The number of hydrogen-bond acceptors (Lipinski definition) is 4. The van der Waals surface area contributed by atoms with Gasteiger partial charge >= 0.3 is 5.63 Å². The van der Waals surface area contributed by atoms with Crippen LogP contribution in [-0.4, -0.2) is 25.1 Å². The second kappa shape index (κ2) is 7.85. The number of likely N-dealkylation sites (N-methyl/N-ethyl adjacent to an activating group) is 1. The lowest BCUT2D eigenvalue weighted by molar-refractivity contribution is 0.233. The smallest absolute Gasteiger partial charge is 0.336 e. The quantitative estimate of drug-likeness (QED) is 0.575. The summed E-state index contributed by atoms with van der Waals surface area (Å²) in [6, 6.07) is 15.3. The number of ether oxygens (including phenoxy) is 1. The number of halogens is 1. The molecule has 130 valence electrons. The summed E-state index contributed by atoms with van der Waals surface area (Å²) in [7, 11) is 2.01. The van der Waals surface area contributed by atoms with Gasteiger partial charge < -0.3 is 9.15 Å². The van der Waals surface area contributed by atoms with E-state index >= 15 is 0 Å². The Morgan fingerprint density at radius 2 is 2.00 bits per heavy atom. The van der Waals surface area contributed by atoms with Gasteiger partial charge in [-0.2, -0.15) is 0 Å². The molecule has 0 bridgehead atoms. The van der Waals surface area contributed by atoms with Gasteiger partial charge in [-0.25, -0.2) is 4.79 Å². The highest BCUT2D eigenvalue weighted by Gasteiger charge is 2.09. The number of hydrogen-bond donors (Lipinski definition) is 0. The van der Waals surface area contributed by atoms with Crippen LogP contribution in [0.5, 0.6) is 5.75 Å². The molecule has 0 unspecified atom stereocenters. The first kappa shape index (κ1) is 17.7. The molecule has 5 heteroatoms. The molecule has 3 rings (SSSR count). The van der Waals surface area contributed by atoms with Crippen molar-refractivity contribution in [2.24, 2.45) is 0 Å². The third-order valence-electron chi connectivity index (χ3n) is 3.96. The lowest BCUT2D eigenvalue weighted by Crippen LogP contribution is -2.24. The minimum Gasteiger partial charge on any atom is -0.492 e. The lowest BCUT2D eigenvalue weighted by Gasteiger charge is -2.18. The average Bonchev–Trinajstić information content (AvgIpc) is 2.54. The van der Waals surface area contributed by atoms with Gasteiger partial charge in [0.15, 0.2) is 0 Å². The first-order valence-electron chi connectivity index (χ1n) is 8.11. The molecule has 0 spiro atoms. The first-order chi connectivity index (χ1) is 12.0. The molecular formula is C20H20BrNO3. The maximum Gasteiger partial charge on any atom is 0.336 e. The predicted molar refractivity (Wildman–Crippen MR) is 103 cm³/mol. The van der Waals surface area contributed by atoms with E-state index in [0.717, 1.165) is 27.7 Å². The molecule has 0 atom stereocenters. The van der Waals surface area contributed by atoms with Gasteiger partial charge in [0, 0.05) is 29.0 Å². The Kier molecular flexibility index (Phi) is 5.56. The third kappa shape index (κ3) is 4.71. The van der Waals surface area contributed by atoms with Crippen molar-refractivity contribution < 1.29 is 9.15 Å². The zero-order valence-electron chi connectivity index (χ0n) is 14.3. The SMILES string of the molecule is Cc1cccc(OCCN(C)Cc2cc(=O)oc3cc(Br)ccc23)c1. The van der Waals surface area contributed by atoms with Crippen LogP contribution in [0.25, 0.3) is 11.0 Å². The summed E-state index contributed by atoms with van der Waals surface area (Å²) in [5.41, 5.74) is 2.41. The molecule has 2 aromatic carbocycles. The molecule has 1 aromatic heterocycles. The van der Waals surface area contributed by atoms with Crippen LogP contribution in [0.1, 0.15) is 11.1 Å². The van der Waals surface area contributed by atoms with Crippen molar-refractivity contribution in [2.45, 2.75) is 13.5 Å².